The smallest absolute Gasteiger partial charge is 0.274 e. The van der Waals surface area contributed by atoms with Crippen LogP contribution in [0.15, 0.2) is 64.2 Å². The zero-order valence-electron chi connectivity index (χ0n) is 11.0. The molecule has 0 saturated heterocycles. The fourth-order valence-corrected chi connectivity index (χ4v) is 2.65. The van der Waals surface area contributed by atoms with E-state index in [-0.39, 0.29) is 11.1 Å². The Bertz CT molecular complexity index is 1070. The molecule has 0 saturated carbocycles. The van der Waals surface area contributed by atoms with E-state index in [0.717, 1.165) is 5.69 Å². The number of hydrogen-bond donors (Lipinski definition) is 2. The zero-order valence-corrected chi connectivity index (χ0v) is 11.0. The van der Waals surface area contributed by atoms with Crippen molar-refractivity contribution in [3.05, 3.63) is 75.3 Å². The second-order valence-corrected chi connectivity index (χ2v) is 4.84. The lowest BCUT2D eigenvalue weighted by atomic mass is 10.1. The van der Waals surface area contributed by atoms with Crippen molar-refractivity contribution in [2.24, 2.45) is 0 Å². The summed E-state index contributed by atoms with van der Waals surface area (Å²) in [6, 6.07) is 16.5. The van der Waals surface area contributed by atoms with Gasteiger partial charge >= 0.3 is 0 Å². The van der Waals surface area contributed by atoms with Crippen LogP contribution in [0.25, 0.3) is 27.5 Å². The van der Waals surface area contributed by atoms with Gasteiger partial charge in [0.1, 0.15) is 5.65 Å². The molecule has 4 aromatic rings. The van der Waals surface area contributed by atoms with Crippen LogP contribution in [0.2, 0.25) is 0 Å². The SMILES string of the molecule is O=c1[nH]c2c(c(=O)[nH]n2-c2ccccc2)c2ccccc12. The predicted octanol–water partition coefficient (Wildman–Crippen LogP) is 2.16. The molecule has 21 heavy (non-hydrogen) atoms. The van der Waals surface area contributed by atoms with Crippen molar-refractivity contribution in [2.75, 3.05) is 0 Å². The van der Waals surface area contributed by atoms with E-state index in [9.17, 15) is 9.59 Å². The van der Waals surface area contributed by atoms with Gasteiger partial charge in [-0.15, -0.1) is 0 Å². The van der Waals surface area contributed by atoms with E-state index < -0.39 is 0 Å². The summed E-state index contributed by atoms with van der Waals surface area (Å²) >= 11 is 0. The van der Waals surface area contributed by atoms with E-state index in [4.69, 9.17) is 0 Å². The third-order valence-corrected chi connectivity index (χ3v) is 3.59. The van der Waals surface area contributed by atoms with Gasteiger partial charge in [0.2, 0.25) is 0 Å². The van der Waals surface area contributed by atoms with Crippen molar-refractivity contribution in [2.45, 2.75) is 0 Å². The molecule has 2 aromatic heterocycles. The van der Waals surface area contributed by atoms with E-state index in [2.05, 4.69) is 10.1 Å². The van der Waals surface area contributed by atoms with Gasteiger partial charge in [-0.2, -0.15) is 0 Å². The van der Waals surface area contributed by atoms with Gasteiger partial charge < -0.3 is 4.98 Å². The van der Waals surface area contributed by atoms with E-state index in [1.54, 1.807) is 22.9 Å². The predicted molar refractivity (Wildman–Crippen MR) is 82.0 cm³/mol. The Hall–Kier alpha value is -3.08. The minimum absolute atomic E-state index is 0.207. The Labute approximate surface area is 118 Å². The van der Waals surface area contributed by atoms with Crippen LogP contribution < -0.4 is 11.1 Å². The monoisotopic (exact) mass is 277 g/mol. The number of hydrogen-bond acceptors (Lipinski definition) is 2. The molecule has 0 aliphatic carbocycles. The van der Waals surface area contributed by atoms with Gasteiger partial charge in [0.25, 0.3) is 11.1 Å². The molecule has 0 bridgehead atoms. The summed E-state index contributed by atoms with van der Waals surface area (Å²) in [5.74, 6) is 0. The highest BCUT2D eigenvalue weighted by molar-refractivity contribution is 6.04. The molecule has 0 radical (unpaired) electrons. The highest BCUT2D eigenvalue weighted by atomic mass is 16.1. The molecule has 0 spiro atoms. The number of fused-ring (bicyclic) bond motifs is 3. The average Bonchev–Trinajstić information content (AvgIpc) is 2.85. The van der Waals surface area contributed by atoms with E-state index in [1.807, 2.05) is 36.4 Å². The second kappa shape index (κ2) is 4.21. The number of para-hydroxylation sites is 1. The van der Waals surface area contributed by atoms with Crippen molar-refractivity contribution in [3.63, 3.8) is 0 Å². The molecule has 4 rings (SSSR count). The van der Waals surface area contributed by atoms with Crippen molar-refractivity contribution in [1.82, 2.24) is 14.8 Å². The maximum absolute atomic E-state index is 12.3. The Morgan fingerprint density at radius 3 is 2.19 bits per heavy atom. The Morgan fingerprint density at radius 2 is 1.43 bits per heavy atom. The molecule has 2 aromatic carbocycles. The van der Waals surface area contributed by atoms with Crippen molar-refractivity contribution in [3.8, 4) is 5.69 Å². The van der Waals surface area contributed by atoms with Crippen LogP contribution in [0, 0.1) is 0 Å². The molecule has 2 N–H and O–H groups in total. The highest BCUT2D eigenvalue weighted by Crippen LogP contribution is 2.19. The lowest BCUT2D eigenvalue weighted by Crippen LogP contribution is -2.08. The lowest BCUT2D eigenvalue weighted by molar-refractivity contribution is 0.878. The Morgan fingerprint density at radius 1 is 0.762 bits per heavy atom. The maximum Gasteiger partial charge on any atom is 0.274 e. The number of aromatic nitrogens is 3. The van der Waals surface area contributed by atoms with Crippen molar-refractivity contribution >= 4 is 21.8 Å². The molecule has 0 amide bonds. The molecule has 0 fully saturated rings. The molecule has 0 unspecified atom stereocenters. The van der Waals surface area contributed by atoms with E-state index >= 15 is 0 Å². The minimum Gasteiger partial charge on any atom is -0.306 e. The third-order valence-electron chi connectivity index (χ3n) is 3.59. The summed E-state index contributed by atoms with van der Waals surface area (Å²) in [5, 5.41) is 4.45. The molecule has 5 nitrogen and oxygen atoms in total. The van der Waals surface area contributed by atoms with Crippen LogP contribution in [0.4, 0.5) is 0 Å². The summed E-state index contributed by atoms with van der Waals surface area (Å²) in [7, 11) is 0. The largest absolute Gasteiger partial charge is 0.306 e. The van der Waals surface area contributed by atoms with Gasteiger partial charge in [0, 0.05) is 10.8 Å². The molecule has 0 aliphatic heterocycles. The fourth-order valence-electron chi connectivity index (χ4n) is 2.65. The summed E-state index contributed by atoms with van der Waals surface area (Å²) in [4.78, 5) is 27.3. The van der Waals surface area contributed by atoms with Gasteiger partial charge in [-0.25, -0.2) is 4.68 Å². The van der Waals surface area contributed by atoms with Gasteiger partial charge in [-0.05, 0) is 18.2 Å². The second-order valence-electron chi connectivity index (χ2n) is 4.84. The first-order valence-electron chi connectivity index (χ1n) is 6.57. The first-order valence-corrected chi connectivity index (χ1v) is 6.57. The van der Waals surface area contributed by atoms with Gasteiger partial charge in [-0.1, -0.05) is 36.4 Å². The average molecular weight is 277 g/mol. The highest BCUT2D eigenvalue weighted by Gasteiger charge is 2.13. The molecule has 5 heteroatoms. The summed E-state index contributed by atoms with van der Waals surface area (Å²) in [6.07, 6.45) is 0. The lowest BCUT2D eigenvalue weighted by Gasteiger charge is -2.04. The normalized spacial score (nSPS) is 11.2. The van der Waals surface area contributed by atoms with Crippen molar-refractivity contribution < 1.29 is 0 Å². The van der Waals surface area contributed by atoms with Crippen molar-refractivity contribution in [1.29, 1.82) is 0 Å². The number of nitrogens with zero attached hydrogens (tertiary/aromatic N) is 1. The quantitative estimate of drug-likeness (QED) is 0.559. The van der Waals surface area contributed by atoms with Crippen LogP contribution in [-0.4, -0.2) is 14.8 Å². The number of pyridine rings is 1. The zero-order chi connectivity index (χ0) is 14.4. The van der Waals surface area contributed by atoms with E-state index in [0.29, 0.717) is 21.8 Å². The number of benzene rings is 2. The summed E-state index contributed by atoms with van der Waals surface area (Å²) < 4.78 is 1.60. The number of aromatic amines is 2. The van der Waals surface area contributed by atoms with Gasteiger partial charge in [-0.3, -0.25) is 14.7 Å². The first-order chi connectivity index (χ1) is 10.3. The summed E-state index contributed by atoms with van der Waals surface area (Å²) in [6.45, 7) is 0. The van der Waals surface area contributed by atoms with Crippen LogP contribution in [0.1, 0.15) is 0 Å². The van der Waals surface area contributed by atoms with E-state index in [1.165, 1.54) is 0 Å². The van der Waals surface area contributed by atoms with Crippen LogP contribution in [-0.2, 0) is 0 Å². The fraction of sp³-hybridized carbons (Fsp3) is 0. The molecule has 0 atom stereocenters. The van der Waals surface area contributed by atoms with Crippen LogP contribution >= 0.6 is 0 Å². The molecule has 102 valence electrons. The molecular formula is C16H11N3O2. The van der Waals surface area contributed by atoms with Gasteiger partial charge in [0.15, 0.2) is 0 Å². The minimum atomic E-state index is -0.221. The molecular weight excluding hydrogens is 266 g/mol. The number of H-pyrrole nitrogens is 2. The Kier molecular flexibility index (Phi) is 2.35. The summed E-state index contributed by atoms with van der Waals surface area (Å²) in [5.41, 5.74) is 0.841. The number of nitrogens with one attached hydrogen (secondary N) is 2. The Balaban J connectivity index is 2.23. The van der Waals surface area contributed by atoms with Crippen LogP contribution in [0.5, 0.6) is 0 Å². The topological polar surface area (TPSA) is 70.7 Å². The maximum atomic E-state index is 12.3. The first kappa shape index (κ1) is 11.7. The third kappa shape index (κ3) is 1.64. The molecule has 2 heterocycles. The molecule has 0 aliphatic rings. The van der Waals surface area contributed by atoms with Crippen LogP contribution in [0.3, 0.4) is 0 Å². The standard InChI is InChI=1S/C16H11N3O2/c20-15-12-9-5-4-8-11(12)13-14(17-15)19(18-16(13)21)10-6-2-1-3-7-10/h1-9H,(H,17,20)(H,18,21). The number of rotatable bonds is 1. The van der Waals surface area contributed by atoms with Gasteiger partial charge in [0.05, 0.1) is 11.1 Å².